The maximum atomic E-state index is 4.88. The fourth-order valence-corrected chi connectivity index (χ4v) is 3.94. The van der Waals surface area contributed by atoms with E-state index in [1.807, 2.05) is 0 Å². The van der Waals surface area contributed by atoms with Crippen molar-refractivity contribution < 1.29 is 0 Å². The second kappa shape index (κ2) is 8.61. The molecular weight excluding hydrogens is 396 g/mol. The molecule has 1 aliphatic heterocycles. The molecule has 0 radical (unpaired) electrons. The van der Waals surface area contributed by atoms with Crippen LogP contribution in [0.1, 0.15) is 12.8 Å². The molecule has 30 heavy (non-hydrogen) atoms. The Labute approximate surface area is 180 Å². The van der Waals surface area contributed by atoms with E-state index in [-0.39, 0.29) is 0 Å². The van der Waals surface area contributed by atoms with Gasteiger partial charge in [0.1, 0.15) is 17.4 Å². The quantitative estimate of drug-likeness (QED) is 0.497. The molecule has 2 fully saturated rings. The Hall–Kier alpha value is -2.65. The molecule has 0 amide bonds. The SMILES string of the molecule is CSc1ccc(Nc2nc(N3CCNCC3)nc3c(NCC4CC4)ncnc23)cc1. The summed E-state index contributed by atoms with van der Waals surface area (Å²) in [5, 5.41) is 10.3. The van der Waals surface area contributed by atoms with Crippen molar-refractivity contribution in [1.82, 2.24) is 25.3 Å². The predicted octanol–water partition coefficient (Wildman–Crippen LogP) is 3.12. The molecule has 0 atom stereocenters. The summed E-state index contributed by atoms with van der Waals surface area (Å²) in [6.07, 6.45) is 6.24. The zero-order valence-corrected chi connectivity index (χ0v) is 17.9. The second-order valence-corrected chi connectivity index (χ2v) is 8.59. The molecule has 3 heterocycles. The van der Waals surface area contributed by atoms with E-state index in [0.717, 1.165) is 67.1 Å². The number of anilines is 4. The largest absolute Gasteiger partial charge is 0.368 e. The van der Waals surface area contributed by atoms with E-state index >= 15 is 0 Å². The van der Waals surface area contributed by atoms with E-state index in [0.29, 0.717) is 5.82 Å². The van der Waals surface area contributed by atoms with Crippen LogP contribution in [-0.4, -0.2) is 58.9 Å². The molecule has 1 aromatic carbocycles. The molecule has 0 bridgehead atoms. The molecule has 0 unspecified atom stereocenters. The Kier molecular flexibility index (Phi) is 5.54. The van der Waals surface area contributed by atoms with Crippen LogP contribution < -0.4 is 20.9 Å². The molecule has 2 aliphatic rings. The molecule has 3 aromatic rings. The Morgan fingerprint density at radius 2 is 1.83 bits per heavy atom. The van der Waals surface area contributed by atoms with E-state index in [4.69, 9.17) is 9.97 Å². The zero-order chi connectivity index (χ0) is 20.3. The number of nitrogens with zero attached hydrogens (tertiary/aromatic N) is 5. The maximum absolute atomic E-state index is 4.88. The highest BCUT2D eigenvalue weighted by molar-refractivity contribution is 7.98. The summed E-state index contributed by atoms with van der Waals surface area (Å²) in [5.74, 6) is 2.96. The van der Waals surface area contributed by atoms with Gasteiger partial charge >= 0.3 is 0 Å². The van der Waals surface area contributed by atoms with Gasteiger partial charge in [0, 0.05) is 43.3 Å². The van der Waals surface area contributed by atoms with E-state index in [2.05, 4.69) is 61.3 Å². The monoisotopic (exact) mass is 422 g/mol. The molecule has 9 heteroatoms. The predicted molar refractivity (Wildman–Crippen MR) is 123 cm³/mol. The first-order chi connectivity index (χ1) is 14.8. The van der Waals surface area contributed by atoms with Crippen LogP contribution in [0, 0.1) is 5.92 Å². The Morgan fingerprint density at radius 1 is 1.03 bits per heavy atom. The molecule has 2 aromatic heterocycles. The van der Waals surface area contributed by atoms with Gasteiger partial charge < -0.3 is 20.9 Å². The number of rotatable bonds is 7. The van der Waals surface area contributed by atoms with E-state index in [9.17, 15) is 0 Å². The number of piperazine rings is 1. The molecule has 5 rings (SSSR count). The van der Waals surface area contributed by atoms with Crippen molar-refractivity contribution in [2.45, 2.75) is 17.7 Å². The van der Waals surface area contributed by atoms with Gasteiger partial charge in [-0.3, -0.25) is 0 Å². The van der Waals surface area contributed by atoms with Crippen LogP contribution in [0.15, 0.2) is 35.5 Å². The number of nitrogens with one attached hydrogen (secondary N) is 3. The molecule has 0 spiro atoms. The number of aromatic nitrogens is 4. The summed E-state index contributed by atoms with van der Waals surface area (Å²) in [6.45, 7) is 4.55. The van der Waals surface area contributed by atoms with Crippen molar-refractivity contribution in [3.8, 4) is 0 Å². The molecule has 8 nitrogen and oxygen atoms in total. The average molecular weight is 423 g/mol. The van der Waals surface area contributed by atoms with Crippen molar-refractivity contribution >= 4 is 46.1 Å². The van der Waals surface area contributed by atoms with E-state index in [1.165, 1.54) is 17.7 Å². The normalized spacial score (nSPS) is 16.6. The first-order valence-electron chi connectivity index (χ1n) is 10.4. The summed E-state index contributed by atoms with van der Waals surface area (Å²) >= 11 is 1.73. The third kappa shape index (κ3) is 4.27. The van der Waals surface area contributed by atoms with Gasteiger partial charge in [-0.25, -0.2) is 15.0 Å². The Morgan fingerprint density at radius 3 is 2.57 bits per heavy atom. The lowest BCUT2D eigenvalue weighted by Crippen LogP contribution is -2.44. The standard InChI is InChI=1S/C21H26N8S/c1-30-16-6-4-15(5-7-16)26-20-17-18(19(25-13-24-17)23-12-14-2-3-14)27-21(28-20)29-10-8-22-9-11-29/h4-7,13-14,22H,2-3,8-12H2,1H3,(H,23,24,25)(H,26,27,28). The van der Waals surface area contributed by atoms with Crippen molar-refractivity contribution in [3.63, 3.8) is 0 Å². The topological polar surface area (TPSA) is 90.9 Å². The van der Waals surface area contributed by atoms with Crippen molar-refractivity contribution in [2.75, 3.05) is 54.5 Å². The summed E-state index contributed by atoms with van der Waals surface area (Å²) in [4.78, 5) is 22.2. The van der Waals surface area contributed by atoms with Gasteiger partial charge in [0.25, 0.3) is 0 Å². The Bertz CT molecular complexity index is 1020. The molecular formula is C21H26N8S. The fourth-order valence-electron chi connectivity index (χ4n) is 3.53. The summed E-state index contributed by atoms with van der Waals surface area (Å²) in [5.41, 5.74) is 2.48. The molecule has 3 N–H and O–H groups in total. The third-order valence-electron chi connectivity index (χ3n) is 5.48. The number of thioether (sulfide) groups is 1. The van der Waals surface area contributed by atoms with Crippen molar-refractivity contribution in [3.05, 3.63) is 30.6 Å². The van der Waals surface area contributed by atoms with Crippen LogP contribution >= 0.6 is 11.8 Å². The summed E-state index contributed by atoms with van der Waals surface area (Å²) < 4.78 is 0. The lowest BCUT2D eigenvalue weighted by molar-refractivity contribution is 0.581. The number of hydrogen-bond acceptors (Lipinski definition) is 9. The van der Waals surface area contributed by atoms with Gasteiger partial charge in [-0.05, 0) is 49.3 Å². The van der Waals surface area contributed by atoms with E-state index in [1.54, 1.807) is 18.1 Å². The van der Waals surface area contributed by atoms with Gasteiger partial charge in [-0.1, -0.05) is 0 Å². The first kappa shape index (κ1) is 19.3. The number of hydrogen-bond donors (Lipinski definition) is 3. The summed E-state index contributed by atoms with van der Waals surface area (Å²) in [7, 11) is 0. The number of benzene rings is 1. The molecule has 1 aliphatic carbocycles. The van der Waals surface area contributed by atoms with Crippen LogP contribution in [0.25, 0.3) is 11.0 Å². The van der Waals surface area contributed by atoms with Gasteiger partial charge in [0.05, 0.1) is 0 Å². The lowest BCUT2D eigenvalue weighted by atomic mass is 10.3. The Balaban J connectivity index is 1.54. The third-order valence-corrected chi connectivity index (χ3v) is 6.22. The number of fused-ring (bicyclic) bond motifs is 1. The van der Waals surface area contributed by atoms with Gasteiger partial charge in [0.15, 0.2) is 11.6 Å². The van der Waals surface area contributed by atoms with Crippen molar-refractivity contribution in [2.24, 2.45) is 5.92 Å². The first-order valence-corrected chi connectivity index (χ1v) is 11.7. The highest BCUT2D eigenvalue weighted by atomic mass is 32.2. The zero-order valence-electron chi connectivity index (χ0n) is 17.1. The van der Waals surface area contributed by atoms with Crippen LogP contribution in [0.5, 0.6) is 0 Å². The van der Waals surface area contributed by atoms with Crippen LogP contribution in [0.3, 0.4) is 0 Å². The minimum absolute atomic E-state index is 0.710. The lowest BCUT2D eigenvalue weighted by Gasteiger charge is -2.28. The molecule has 1 saturated carbocycles. The smallest absolute Gasteiger partial charge is 0.228 e. The van der Waals surface area contributed by atoms with Gasteiger partial charge in [-0.15, -0.1) is 11.8 Å². The van der Waals surface area contributed by atoms with Crippen LogP contribution in [0.2, 0.25) is 0 Å². The minimum Gasteiger partial charge on any atom is -0.368 e. The van der Waals surface area contributed by atoms with Crippen LogP contribution in [-0.2, 0) is 0 Å². The molecule has 156 valence electrons. The minimum atomic E-state index is 0.710. The van der Waals surface area contributed by atoms with Gasteiger partial charge in [0.2, 0.25) is 5.95 Å². The fraction of sp³-hybridized carbons (Fsp3) is 0.429. The summed E-state index contributed by atoms with van der Waals surface area (Å²) in [6, 6.07) is 8.34. The van der Waals surface area contributed by atoms with Crippen molar-refractivity contribution in [1.29, 1.82) is 0 Å². The highest BCUT2D eigenvalue weighted by Gasteiger charge is 2.23. The van der Waals surface area contributed by atoms with E-state index < -0.39 is 0 Å². The van der Waals surface area contributed by atoms with Gasteiger partial charge in [-0.2, -0.15) is 4.98 Å². The highest BCUT2D eigenvalue weighted by Crippen LogP contribution is 2.31. The van der Waals surface area contributed by atoms with Crippen LogP contribution in [0.4, 0.5) is 23.3 Å². The molecule has 1 saturated heterocycles. The average Bonchev–Trinajstić information content (AvgIpc) is 3.63. The maximum Gasteiger partial charge on any atom is 0.228 e. The second-order valence-electron chi connectivity index (χ2n) is 7.71.